The zero-order valence-corrected chi connectivity index (χ0v) is 20.3. The van der Waals surface area contributed by atoms with Crippen molar-refractivity contribution in [2.24, 2.45) is 0 Å². The maximum Gasteiger partial charge on any atom is 0.287 e. The van der Waals surface area contributed by atoms with Gasteiger partial charge >= 0.3 is 0 Å². The molecule has 1 atom stereocenters. The van der Waals surface area contributed by atoms with E-state index in [2.05, 4.69) is 15.4 Å². The fourth-order valence-corrected chi connectivity index (χ4v) is 5.04. The summed E-state index contributed by atoms with van der Waals surface area (Å²) >= 11 is 11.6. The highest BCUT2D eigenvalue weighted by molar-refractivity contribution is 7.91. The molecule has 174 valence electrons. The van der Waals surface area contributed by atoms with Gasteiger partial charge in [-0.15, -0.1) is 0 Å². The van der Waals surface area contributed by atoms with Gasteiger partial charge in [-0.1, -0.05) is 35.3 Å². The first-order valence-corrected chi connectivity index (χ1v) is 12.5. The van der Waals surface area contributed by atoms with Crippen LogP contribution in [0.1, 0.15) is 30.6 Å². The average Bonchev–Trinajstić information content (AvgIpc) is 2.79. The maximum atomic E-state index is 12.9. The van der Waals surface area contributed by atoms with Crippen molar-refractivity contribution in [3.63, 3.8) is 0 Å². The van der Waals surface area contributed by atoms with E-state index < -0.39 is 27.3 Å². The van der Waals surface area contributed by atoms with Crippen molar-refractivity contribution in [3.05, 3.63) is 80.4 Å². The first-order valence-electron chi connectivity index (χ1n) is 10.1. The number of aryl methyl sites for hydroxylation is 2. The molecule has 3 rings (SSSR count). The summed E-state index contributed by atoms with van der Waals surface area (Å²) in [6.45, 7) is 3.16. The second-order valence-electron chi connectivity index (χ2n) is 7.45. The molecule has 2 heterocycles. The van der Waals surface area contributed by atoms with Gasteiger partial charge in [-0.3, -0.25) is 14.6 Å². The zero-order valence-electron chi connectivity index (χ0n) is 18.0. The van der Waals surface area contributed by atoms with Crippen LogP contribution in [-0.4, -0.2) is 34.8 Å². The lowest BCUT2D eigenvalue weighted by Gasteiger charge is -2.15. The Hall–Kier alpha value is -2.75. The first-order chi connectivity index (χ1) is 15.6. The lowest BCUT2D eigenvalue weighted by Crippen LogP contribution is -2.33. The molecule has 33 heavy (non-hydrogen) atoms. The van der Waals surface area contributed by atoms with Gasteiger partial charge in [0.25, 0.3) is 5.56 Å². The van der Waals surface area contributed by atoms with Crippen LogP contribution in [0.3, 0.4) is 0 Å². The predicted octanol–water partition coefficient (Wildman–Crippen LogP) is 3.86. The summed E-state index contributed by atoms with van der Waals surface area (Å²) in [4.78, 5) is 29.3. The zero-order chi connectivity index (χ0) is 24.2. The Labute approximate surface area is 201 Å². The molecule has 0 fully saturated rings. The minimum Gasteiger partial charge on any atom is -0.324 e. The van der Waals surface area contributed by atoms with Crippen LogP contribution in [-0.2, 0) is 21.1 Å². The molecule has 0 aliphatic heterocycles. The Bertz CT molecular complexity index is 1330. The van der Waals surface area contributed by atoms with Crippen molar-refractivity contribution < 1.29 is 13.2 Å². The number of nitrogens with zero attached hydrogens (tertiary/aromatic N) is 3. The van der Waals surface area contributed by atoms with E-state index in [0.717, 1.165) is 10.4 Å². The molecule has 1 aromatic carbocycles. The number of benzene rings is 1. The van der Waals surface area contributed by atoms with E-state index in [0.29, 0.717) is 18.4 Å². The monoisotopic (exact) mass is 508 g/mol. The van der Waals surface area contributed by atoms with Crippen molar-refractivity contribution in [1.82, 2.24) is 14.8 Å². The fraction of sp³-hybridized carbons (Fsp3) is 0.273. The van der Waals surface area contributed by atoms with Gasteiger partial charge in [0.1, 0.15) is 11.1 Å². The number of rotatable bonds is 8. The van der Waals surface area contributed by atoms with Crippen LogP contribution in [0, 0.1) is 6.92 Å². The second kappa shape index (κ2) is 10.5. The van der Waals surface area contributed by atoms with E-state index in [1.165, 1.54) is 19.2 Å². The van der Waals surface area contributed by atoms with E-state index in [1.54, 1.807) is 31.3 Å². The molecule has 1 N–H and O–H groups in total. The average molecular weight is 509 g/mol. The van der Waals surface area contributed by atoms with Crippen LogP contribution in [0.4, 0.5) is 5.69 Å². The molecular weight excluding hydrogens is 487 g/mol. The highest BCUT2D eigenvalue weighted by atomic mass is 35.5. The Balaban J connectivity index is 1.74. The van der Waals surface area contributed by atoms with E-state index in [-0.39, 0.29) is 26.4 Å². The molecule has 0 aliphatic rings. The third-order valence-electron chi connectivity index (χ3n) is 5.01. The maximum absolute atomic E-state index is 12.9. The van der Waals surface area contributed by atoms with Crippen molar-refractivity contribution in [2.75, 3.05) is 11.1 Å². The van der Waals surface area contributed by atoms with Gasteiger partial charge < -0.3 is 5.32 Å². The van der Waals surface area contributed by atoms with Crippen LogP contribution in [0.25, 0.3) is 0 Å². The molecule has 1 amide bonds. The summed E-state index contributed by atoms with van der Waals surface area (Å²) in [5, 5.41) is 6.24. The SMILES string of the molecule is Cc1ccc(NC(=O)[C@H](C)n2ncc(Cl)c(Cl)c2=O)cc1S(=O)(=O)CCCc1ccccn1. The number of amides is 1. The summed E-state index contributed by atoms with van der Waals surface area (Å²) in [5.41, 5.74) is 0.979. The van der Waals surface area contributed by atoms with Crippen molar-refractivity contribution in [3.8, 4) is 0 Å². The lowest BCUT2D eigenvalue weighted by atomic mass is 10.2. The molecule has 0 saturated carbocycles. The Morgan fingerprint density at radius 1 is 1.21 bits per heavy atom. The Morgan fingerprint density at radius 2 is 1.97 bits per heavy atom. The van der Waals surface area contributed by atoms with Crippen LogP contribution in [0.2, 0.25) is 10.0 Å². The first kappa shape index (κ1) is 24.9. The van der Waals surface area contributed by atoms with Crippen LogP contribution in [0.15, 0.2) is 58.5 Å². The fourth-order valence-electron chi connectivity index (χ4n) is 3.17. The van der Waals surface area contributed by atoms with Gasteiger partial charge in [0, 0.05) is 17.6 Å². The molecule has 0 spiro atoms. The third-order valence-corrected chi connectivity index (χ3v) is 7.69. The Morgan fingerprint density at radius 3 is 2.67 bits per heavy atom. The molecule has 0 saturated heterocycles. The largest absolute Gasteiger partial charge is 0.324 e. The van der Waals surface area contributed by atoms with Gasteiger partial charge in [-0.05, 0) is 56.5 Å². The van der Waals surface area contributed by atoms with Gasteiger partial charge in [0.2, 0.25) is 5.91 Å². The molecule has 3 aromatic rings. The molecule has 2 aromatic heterocycles. The second-order valence-corrected chi connectivity index (χ2v) is 10.3. The summed E-state index contributed by atoms with van der Waals surface area (Å²) in [6, 6.07) is 9.14. The number of hydrogen-bond donors (Lipinski definition) is 1. The van der Waals surface area contributed by atoms with Crippen molar-refractivity contribution in [1.29, 1.82) is 0 Å². The van der Waals surface area contributed by atoms with Gasteiger partial charge in [-0.25, -0.2) is 13.1 Å². The van der Waals surface area contributed by atoms with Crippen molar-refractivity contribution in [2.45, 2.75) is 37.6 Å². The molecule has 0 bridgehead atoms. The van der Waals surface area contributed by atoms with Crippen LogP contribution >= 0.6 is 23.2 Å². The third kappa shape index (κ3) is 5.98. The van der Waals surface area contributed by atoms with Gasteiger partial charge in [0.05, 0.1) is 21.9 Å². The highest BCUT2D eigenvalue weighted by Crippen LogP contribution is 2.23. The molecule has 8 nitrogen and oxygen atoms in total. The molecule has 0 radical (unpaired) electrons. The number of aromatic nitrogens is 3. The van der Waals surface area contributed by atoms with Crippen LogP contribution < -0.4 is 10.9 Å². The van der Waals surface area contributed by atoms with Gasteiger partial charge in [0.15, 0.2) is 9.84 Å². The van der Waals surface area contributed by atoms with E-state index >= 15 is 0 Å². The quantitative estimate of drug-likeness (QED) is 0.494. The van der Waals surface area contributed by atoms with E-state index in [1.807, 2.05) is 12.1 Å². The number of carbonyl (C=O) groups excluding carboxylic acids is 1. The topological polar surface area (TPSA) is 111 Å². The molecule has 0 aliphatic carbocycles. The standard InChI is InChI=1S/C22H22Cl2N4O4S/c1-14-8-9-17(27-21(29)15(2)28-22(30)20(24)18(23)13-26-28)12-19(14)33(31,32)11-5-7-16-6-3-4-10-25-16/h3-4,6,8-10,12-13,15H,5,7,11H2,1-2H3,(H,27,29)/t15-/m0/s1. The summed E-state index contributed by atoms with van der Waals surface area (Å²) < 4.78 is 26.8. The minimum atomic E-state index is -3.59. The summed E-state index contributed by atoms with van der Waals surface area (Å²) in [6.07, 6.45) is 3.80. The minimum absolute atomic E-state index is 0.0121. The van der Waals surface area contributed by atoms with Crippen molar-refractivity contribution >= 4 is 44.6 Å². The number of halogens is 2. The van der Waals surface area contributed by atoms with E-state index in [9.17, 15) is 18.0 Å². The van der Waals surface area contributed by atoms with E-state index in [4.69, 9.17) is 23.2 Å². The number of carbonyl (C=O) groups is 1. The molecule has 0 unspecified atom stereocenters. The number of pyridine rings is 1. The number of hydrogen-bond acceptors (Lipinski definition) is 6. The van der Waals surface area contributed by atoms with Crippen LogP contribution in [0.5, 0.6) is 0 Å². The lowest BCUT2D eigenvalue weighted by molar-refractivity contribution is -0.119. The smallest absolute Gasteiger partial charge is 0.287 e. The molecule has 11 heteroatoms. The summed E-state index contributed by atoms with van der Waals surface area (Å²) in [5.74, 6) is -0.619. The number of anilines is 1. The number of sulfone groups is 1. The Kier molecular flexibility index (Phi) is 7.88. The number of nitrogens with one attached hydrogen (secondary N) is 1. The normalized spacial score (nSPS) is 12.4. The predicted molar refractivity (Wildman–Crippen MR) is 128 cm³/mol. The van der Waals surface area contributed by atoms with Gasteiger partial charge in [-0.2, -0.15) is 5.10 Å². The highest BCUT2D eigenvalue weighted by Gasteiger charge is 2.22. The summed E-state index contributed by atoms with van der Waals surface area (Å²) in [7, 11) is -3.59. The molecular formula is C22H22Cl2N4O4S.